The third-order valence-corrected chi connectivity index (χ3v) is 6.10. The van der Waals surface area contributed by atoms with Gasteiger partial charge < -0.3 is 14.2 Å². The molecule has 0 fully saturated rings. The smallest absolute Gasteiger partial charge is 0.308 e. The number of hydrogen-bond acceptors (Lipinski definition) is 10. The molecule has 1 aliphatic heterocycles. The average molecular weight is 509 g/mol. The molecule has 0 radical (unpaired) electrons. The van der Waals surface area contributed by atoms with E-state index in [-0.39, 0.29) is 23.3 Å². The van der Waals surface area contributed by atoms with Crippen LogP contribution in [-0.4, -0.2) is 38.8 Å². The molecule has 2 heterocycles. The van der Waals surface area contributed by atoms with Crippen molar-refractivity contribution in [3.63, 3.8) is 0 Å². The molecule has 1 aromatic heterocycles. The second kappa shape index (κ2) is 10.7. The summed E-state index contributed by atoms with van der Waals surface area (Å²) in [5, 5.41) is 9.05. The zero-order chi connectivity index (χ0) is 25.8. The van der Waals surface area contributed by atoms with Gasteiger partial charge in [-0.05, 0) is 24.6 Å². The van der Waals surface area contributed by atoms with Crippen LogP contribution in [0.5, 0.6) is 17.4 Å². The summed E-state index contributed by atoms with van der Waals surface area (Å²) in [6, 6.07) is 11.7. The van der Waals surface area contributed by atoms with Gasteiger partial charge in [0.15, 0.2) is 5.69 Å². The Morgan fingerprint density at radius 1 is 1.03 bits per heavy atom. The number of benzene rings is 2. The minimum atomic E-state index is -1.08. The molecule has 10 nitrogen and oxygen atoms in total. The summed E-state index contributed by atoms with van der Waals surface area (Å²) in [6.07, 6.45) is -0.151. The van der Waals surface area contributed by atoms with Crippen molar-refractivity contribution in [3.05, 3.63) is 48.0 Å². The maximum absolute atomic E-state index is 13.0. The van der Waals surface area contributed by atoms with E-state index >= 15 is 0 Å². The SMILES string of the molecule is CCCSc1nnc2c(n1)O[C@@H](c1ccc(OC(C)=O)cc1OC(C)=O)N(C(C)=O)c1ccccc1-2. The van der Waals surface area contributed by atoms with Crippen molar-refractivity contribution in [1.82, 2.24) is 15.2 Å². The normalized spacial score (nSPS) is 14.1. The Morgan fingerprint density at radius 3 is 2.47 bits per heavy atom. The molecule has 0 saturated carbocycles. The van der Waals surface area contributed by atoms with Crippen molar-refractivity contribution in [3.8, 4) is 28.6 Å². The lowest BCUT2D eigenvalue weighted by molar-refractivity contribution is -0.132. The lowest BCUT2D eigenvalue weighted by Gasteiger charge is -2.30. The molecule has 1 amide bonds. The van der Waals surface area contributed by atoms with Crippen LogP contribution in [0, 0.1) is 0 Å². The third-order valence-electron chi connectivity index (χ3n) is 5.05. The molecular formula is C25H24N4O6S. The number of amides is 1. The predicted molar refractivity (Wildman–Crippen MR) is 132 cm³/mol. The number of carbonyl (C=O) groups is 3. The number of para-hydroxylation sites is 1. The lowest BCUT2D eigenvalue weighted by atomic mass is 10.1. The Labute approximate surface area is 212 Å². The van der Waals surface area contributed by atoms with E-state index in [0.717, 1.165) is 12.2 Å². The average Bonchev–Trinajstić information content (AvgIpc) is 2.96. The lowest BCUT2D eigenvalue weighted by Crippen LogP contribution is -2.36. The van der Waals surface area contributed by atoms with E-state index in [1.54, 1.807) is 18.2 Å². The number of ether oxygens (including phenoxy) is 3. The molecule has 1 aliphatic rings. The Kier molecular flexibility index (Phi) is 7.49. The van der Waals surface area contributed by atoms with Crippen LogP contribution in [0.25, 0.3) is 11.3 Å². The highest BCUT2D eigenvalue weighted by molar-refractivity contribution is 7.99. The molecule has 4 rings (SSSR count). The first-order chi connectivity index (χ1) is 17.3. The Morgan fingerprint density at radius 2 is 1.78 bits per heavy atom. The van der Waals surface area contributed by atoms with Crippen molar-refractivity contribution in [2.75, 3.05) is 10.7 Å². The number of anilines is 1. The summed E-state index contributed by atoms with van der Waals surface area (Å²) in [5.74, 6) is -0.227. The van der Waals surface area contributed by atoms with Crippen LogP contribution >= 0.6 is 11.8 Å². The third kappa shape index (κ3) is 5.30. The van der Waals surface area contributed by atoms with Gasteiger partial charge in [0, 0.05) is 38.2 Å². The van der Waals surface area contributed by atoms with Gasteiger partial charge in [0.2, 0.25) is 23.2 Å². The topological polar surface area (TPSA) is 121 Å². The molecular weight excluding hydrogens is 484 g/mol. The molecule has 11 heteroatoms. The summed E-state index contributed by atoms with van der Waals surface area (Å²) >= 11 is 1.44. The zero-order valence-electron chi connectivity index (χ0n) is 20.2. The number of aromatic nitrogens is 3. The zero-order valence-corrected chi connectivity index (χ0v) is 21.0. The van der Waals surface area contributed by atoms with Gasteiger partial charge in [0.1, 0.15) is 11.5 Å². The highest BCUT2D eigenvalue weighted by atomic mass is 32.2. The summed E-state index contributed by atoms with van der Waals surface area (Å²) in [7, 11) is 0. The molecule has 3 aromatic rings. The summed E-state index contributed by atoms with van der Waals surface area (Å²) in [6.45, 7) is 5.97. The summed E-state index contributed by atoms with van der Waals surface area (Å²) in [5.41, 5.74) is 1.87. The Bertz CT molecular complexity index is 1330. The second-order valence-corrected chi connectivity index (χ2v) is 8.92. The first-order valence-corrected chi connectivity index (χ1v) is 12.2. The van der Waals surface area contributed by atoms with Gasteiger partial charge >= 0.3 is 11.9 Å². The maximum atomic E-state index is 13.0. The van der Waals surface area contributed by atoms with E-state index in [0.29, 0.717) is 27.7 Å². The Hall–Kier alpha value is -3.99. The van der Waals surface area contributed by atoms with Crippen molar-refractivity contribution in [2.24, 2.45) is 0 Å². The van der Waals surface area contributed by atoms with Crippen molar-refractivity contribution in [1.29, 1.82) is 0 Å². The number of hydrogen-bond donors (Lipinski definition) is 0. The highest BCUT2D eigenvalue weighted by Crippen LogP contribution is 2.45. The van der Waals surface area contributed by atoms with Gasteiger partial charge in [-0.3, -0.25) is 19.3 Å². The second-order valence-electron chi connectivity index (χ2n) is 7.86. The van der Waals surface area contributed by atoms with Crippen LogP contribution in [0.15, 0.2) is 47.6 Å². The van der Waals surface area contributed by atoms with Gasteiger partial charge in [0.25, 0.3) is 0 Å². The maximum Gasteiger partial charge on any atom is 0.308 e. The molecule has 36 heavy (non-hydrogen) atoms. The summed E-state index contributed by atoms with van der Waals surface area (Å²) < 4.78 is 16.9. The molecule has 1 atom stereocenters. The molecule has 0 saturated heterocycles. The van der Waals surface area contributed by atoms with Crippen LogP contribution in [0.2, 0.25) is 0 Å². The van der Waals surface area contributed by atoms with Crippen molar-refractivity contribution < 1.29 is 28.6 Å². The van der Waals surface area contributed by atoms with Gasteiger partial charge in [-0.1, -0.05) is 36.9 Å². The minimum Gasteiger partial charge on any atom is -0.447 e. The fourth-order valence-electron chi connectivity index (χ4n) is 3.70. The molecule has 0 bridgehead atoms. The molecule has 186 valence electrons. The largest absolute Gasteiger partial charge is 0.447 e. The monoisotopic (exact) mass is 508 g/mol. The fraction of sp³-hybridized carbons (Fsp3) is 0.280. The van der Waals surface area contributed by atoms with Crippen LogP contribution in [0.1, 0.15) is 45.9 Å². The van der Waals surface area contributed by atoms with Crippen molar-refractivity contribution >= 4 is 35.3 Å². The first-order valence-electron chi connectivity index (χ1n) is 11.2. The number of carbonyl (C=O) groups excluding carboxylic acids is 3. The minimum absolute atomic E-state index is 0.0704. The highest BCUT2D eigenvalue weighted by Gasteiger charge is 2.36. The molecule has 0 unspecified atom stereocenters. The molecule has 0 N–H and O–H groups in total. The van der Waals surface area contributed by atoms with E-state index in [9.17, 15) is 14.4 Å². The van der Waals surface area contributed by atoms with Crippen LogP contribution in [0.4, 0.5) is 5.69 Å². The van der Waals surface area contributed by atoms with Crippen LogP contribution in [0.3, 0.4) is 0 Å². The van der Waals surface area contributed by atoms with Gasteiger partial charge in [-0.25, -0.2) is 0 Å². The number of esters is 2. The summed E-state index contributed by atoms with van der Waals surface area (Å²) in [4.78, 5) is 42.4. The first kappa shape index (κ1) is 25.1. The van der Waals surface area contributed by atoms with E-state index in [2.05, 4.69) is 15.2 Å². The number of rotatable bonds is 6. The van der Waals surface area contributed by atoms with Gasteiger partial charge in [-0.2, -0.15) is 4.98 Å². The fourth-order valence-corrected chi connectivity index (χ4v) is 4.33. The number of nitrogens with zero attached hydrogens (tertiary/aromatic N) is 4. The Balaban J connectivity index is 1.92. The van der Waals surface area contributed by atoms with E-state index < -0.39 is 18.2 Å². The van der Waals surface area contributed by atoms with Crippen LogP contribution in [-0.2, 0) is 14.4 Å². The van der Waals surface area contributed by atoms with Crippen molar-refractivity contribution in [2.45, 2.75) is 45.5 Å². The molecule has 0 spiro atoms. The number of thioether (sulfide) groups is 1. The van der Waals surface area contributed by atoms with E-state index in [1.165, 1.54) is 49.6 Å². The van der Waals surface area contributed by atoms with Gasteiger partial charge in [0.05, 0.1) is 11.3 Å². The van der Waals surface area contributed by atoms with Crippen LogP contribution < -0.4 is 19.1 Å². The van der Waals surface area contributed by atoms with E-state index in [4.69, 9.17) is 14.2 Å². The molecule has 0 aliphatic carbocycles. The standard InChI is InChI=1S/C25H24N4O6S/c1-5-12-36-25-26-23-22(27-28-25)18-8-6-7-9-20(18)29(14(2)30)24(35-23)19-11-10-17(33-15(3)31)13-21(19)34-16(4)32/h6-11,13,24H,5,12H2,1-4H3/t24-/m0/s1. The molecule has 2 aromatic carbocycles. The van der Waals surface area contributed by atoms with Gasteiger partial charge in [-0.15, -0.1) is 10.2 Å². The predicted octanol–water partition coefficient (Wildman–Crippen LogP) is 4.34. The number of fused-ring (bicyclic) bond motifs is 3. The quantitative estimate of drug-likeness (QED) is 0.270. The van der Waals surface area contributed by atoms with E-state index in [1.807, 2.05) is 19.1 Å².